The van der Waals surface area contributed by atoms with Crippen LogP contribution in [-0.2, 0) is 4.79 Å². The third-order valence-electron chi connectivity index (χ3n) is 2.37. The quantitative estimate of drug-likeness (QED) is 0.818. The zero-order valence-electron chi connectivity index (χ0n) is 10.7. The van der Waals surface area contributed by atoms with E-state index in [1.807, 2.05) is 20.8 Å². The lowest BCUT2D eigenvalue weighted by molar-refractivity contribution is -0.121. The Morgan fingerprint density at radius 3 is 2.47 bits per heavy atom. The fraction of sp³-hybridized carbons (Fsp3) is 0.357. The maximum atomic E-state index is 11.7. The topological polar surface area (TPSA) is 46.5 Å². The van der Waals surface area contributed by atoms with Gasteiger partial charge in [0.05, 0.1) is 7.11 Å². The van der Waals surface area contributed by atoms with E-state index in [0.717, 1.165) is 5.56 Å². The van der Waals surface area contributed by atoms with E-state index in [2.05, 4.69) is 0 Å². The minimum Gasteiger partial charge on any atom is -0.504 e. The second-order valence-electron chi connectivity index (χ2n) is 4.88. The number of methoxy groups -OCH3 is 1. The van der Waals surface area contributed by atoms with Crippen molar-refractivity contribution < 1.29 is 14.6 Å². The highest BCUT2D eigenvalue weighted by atomic mass is 16.5. The SMILES string of the molecule is COc1ccc(/C=C/C(=O)C(C)(C)C)cc1O. The molecule has 0 fully saturated rings. The molecule has 0 aliphatic rings. The summed E-state index contributed by atoms with van der Waals surface area (Å²) in [7, 11) is 1.49. The van der Waals surface area contributed by atoms with Gasteiger partial charge in [0.1, 0.15) is 0 Å². The van der Waals surface area contributed by atoms with E-state index in [0.29, 0.717) is 5.75 Å². The van der Waals surface area contributed by atoms with Crippen LogP contribution in [0.5, 0.6) is 11.5 Å². The molecule has 0 saturated carbocycles. The summed E-state index contributed by atoms with van der Waals surface area (Å²) >= 11 is 0. The van der Waals surface area contributed by atoms with E-state index in [9.17, 15) is 9.90 Å². The number of benzene rings is 1. The maximum Gasteiger partial charge on any atom is 0.161 e. The van der Waals surface area contributed by atoms with Crippen LogP contribution in [0.15, 0.2) is 24.3 Å². The molecule has 1 rings (SSSR count). The molecule has 0 atom stereocenters. The average Bonchev–Trinajstić information content (AvgIpc) is 2.24. The normalized spacial score (nSPS) is 11.8. The molecule has 3 nitrogen and oxygen atoms in total. The van der Waals surface area contributed by atoms with E-state index in [-0.39, 0.29) is 16.9 Å². The van der Waals surface area contributed by atoms with Crippen molar-refractivity contribution in [3.05, 3.63) is 29.8 Å². The van der Waals surface area contributed by atoms with Gasteiger partial charge in [-0.2, -0.15) is 0 Å². The Kier molecular flexibility index (Phi) is 3.94. The van der Waals surface area contributed by atoms with Crippen LogP contribution in [-0.4, -0.2) is 18.0 Å². The lowest BCUT2D eigenvalue weighted by Gasteiger charge is -2.12. The molecule has 0 radical (unpaired) electrons. The van der Waals surface area contributed by atoms with Crippen LogP contribution in [0.3, 0.4) is 0 Å². The minimum atomic E-state index is -0.384. The average molecular weight is 234 g/mol. The predicted molar refractivity (Wildman–Crippen MR) is 68.2 cm³/mol. The Balaban J connectivity index is 2.86. The number of ketones is 1. The third-order valence-corrected chi connectivity index (χ3v) is 2.37. The second kappa shape index (κ2) is 5.04. The summed E-state index contributed by atoms with van der Waals surface area (Å²) in [6.45, 7) is 5.60. The number of phenols is 1. The smallest absolute Gasteiger partial charge is 0.161 e. The molecule has 0 aliphatic carbocycles. The molecule has 0 aromatic heterocycles. The molecule has 0 heterocycles. The molecule has 0 amide bonds. The highest BCUT2D eigenvalue weighted by Crippen LogP contribution is 2.27. The number of carbonyl (C=O) groups is 1. The molecular formula is C14H18O3. The number of allylic oxidation sites excluding steroid dienone is 1. The summed E-state index contributed by atoms with van der Waals surface area (Å²) in [5.41, 5.74) is 0.381. The molecule has 0 unspecified atom stereocenters. The van der Waals surface area contributed by atoms with Gasteiger partial charge in [-0.25, -0.2) is 0 Å². The summed E-state index contributed by atoms with van der Waals surface area (Å²) < 4.78 is 4.94. The van der Waals surface area contributed by atoms with E-state index < -0.39 is 0 Å². The van der Waals surface area contributed by atoms with Gasteiger partial charge in [-0.3, -0.25) is 4.79 Å². The highest BCUT2D eigenvalue weighted by molar-refractivity contribution is 5.97. The predicted octanol–water partition coefficient (Wildman–Crippen LogP) is 3.03. The second-order valence-corrected chi connectivity index (χ2v) is 4.88. The lowest BCUT2D eigenvalue weighted by Crippen LogP contribution is -2.17. The molecule has 0 bridgehead atoms. The Morgan fingerprint density at radius 2 is 2.00 bits per heavy atom. The van der Waals surface area contributed by atoms with Crippen molar-refractivity contribution in [2.75, 3.05) is 7.11 Å². The van der Waals surface area contributed by atoms with Crippen LogP contribution < -0.4 is 4.74 Å². The number of ether oxygens (including phenoxy) is 1. The van der Waals surface area contributed by atoms with Crippen LogP contribution in [0, 0.1) is 5.41 Å². The molecule has 1 aromatic carbocycles. The fourth-order valence-corrected chi connectivity index (χ4v) is 1.23. The van der Waals surface area contributed by atoms with Crippen molar-refractivity contribution >= 4 is 11.9 Å². The third kappa shape index (κ3) is 3.63. The Morgan fingerprint density at radius 1 is 1.35 bits per heavy atom. The monoisotopic (exact) mass is 234 g/mol. The number of rotatable bonds is 3. The van der Waals surface area contributed by atoms with E-state index in [4.69, 9.17) is 4.74 Å². The van der Waals surface area contributed by atoms with Crippen LogP contribution >= 0.6 is 0 Å². The molecule has 1 N–H and O–H groups in total. The highest BCUT2D eigenvalue weighted by Gasteiger charge is 2.17. The fourth-order valence-electron chi connectivity index (χ4n) is 1.23. The van der Waals surface area contributed by atoms with Crippen molar-refractivity contribution in [2.24, 2.45) is 5.41 Å². The summed E-state index contributed by atoms with van der Waals surface area (Å²) in [6, 6.07) is 5.01. The Hall–Kier alpha value is -1.77. The van der Waals surface area contributed by atoms with Gasteiger partial charge in [0.2, 0.25) is 0 Å². The van der Waals surface area contributed by atoms with Crippen molar-refractivity contribution in [3.63, 3.8) is 0 Å². The summed E-state index contributed by atoms with van der Waals surface area (Å²) in [6.07, 6.45) is 3.22. The summed E-state index contributed by atoms with van der Waals surface area (Å²) in [5, 5.41) is 9.57. The van der Waals surface area contributed by atoms with Crippen LogP contribution in [0.2, 0.25) is 0 Å². The van der Waals surface area contributed by atoms with Gasteiger partial charge >= 0.3 is 0 Å². The molecule has 92 valence electrons. The van der Waals surface area contributed by atoms with Crippen molar-refractivity contribution in [1.82, 2.24) is 0 Å². The van der Waals surface area contributed by atoms with Gasteiger partial charge in [-0.05, 0) is 23.8 Å². The first-order valence-electron chi connectivity index (χ1n) is 5.44. The van der Waals surface area contributed by atoms with E-state index in [1.54, 1.807) is 24.3 Å². The first-order valence-corrected chi connectivity index (χ1v) is 5.44. The van der Waals surface area contributed by atoms with E-state index >= 15 is 0 Å². The molecular weight excluding hydrogens is 216 g/mol. The van der Waals surface area contributed by atoms with Gasteiger partial charge in [-0.1, -0.05) is 32.9 Å². The van der Waals surface area contributed by atoms with Crippen LogP contribution in [0.25, 0.3) is 6.08 Å². The largest absolute Gasteiger partial charge is 0.504 e. The zero-order chi connectivity index (χ0) is 13.1. The van der Waals surface area contributed by atoms with Crippen molar-refractivity contribution in [1.29, 1.82) is 0 Å². The summed E-state index contributed by atoms with van der Waals surface area (Å²) in [4.78, 5) is 11.7. The first-order chi connectivity index (χ1) is 7.84. The molecule has 0 aliphatic heterocycles. The lowest BCUT2D eigenvalue weighted by atomic mass is 9.90. The standard InChI is InChI=1S/C14H18O3/c1-14(2,3)13(16)8-6-10-5-7-12(17-4)11(15)9-10/h5-9,15H,1-4H3/b8-6+. The van der Waals surface area contributed by atoms with Crippen LogP contribution in [0.1, 0.15) is 26.3 Å². The summed E-state index contributed by atoms with van der Waals surface area (Å²) in [5.74, 6) is 0.537. The van der Waals surface area contributed by atoms with Gasteiger partial charge in [0.15, 0.2) is 17.3 Å². The number of hydrogen-bond donors (Lipinski definition) is 1. The van der Waals surface area contributed by atoms with Gasteiger partial charge in [0.25, 0.3) is 0 Å². The molecule has 17 heavy (non-hydrogen) atoms. The number of hydrogen-bond acceptors (Lipinski definition) is 3. The van der Waals surface area contributed by atoms with Crippen molar-refractivity contribution in [3.8, 4) is 11.5 Å². The van der Waals surface area contributed by atoms with Gasteiger partial charge in [-0.15, -0.1) is 0 Å². The number of carbonyl (C=O) groups excluding carboxylic acids is 1. The van der Waals surface area contributed by atoms with Gasteiger partial charge < -0.3 is 9.84 Å². The van der Waals surface area contributed by atoms with Crippen LogP contribution in [0.4, 0.5) is 0 Å². The van der Waals surface area contributed by atoms with E-state index in [1.165, 1.54) is 13.2 Å². The molecule has 1 aromatic rings. The molecule has 0 spiro atoms. The molecule has 3 heteroatoms. The first kappa shape index (κ1) is 13.3. The Labute approximate surface area is 102 Å². The Bertz CT molecular complexity index is 439. The number of aromatic hydroxyl groups is 1. The van der Waals surface area contributed by atoms with Crippen molar-refractivity contribution in [2.45, 2.75) is 20.8 Å². The molecule has 0 saturated heterocycles. The minimum absolute atomic E-state index is 0.0489. The van der Waals surface area contributed by atoms with Gasteiger partial charge in [0, 0.05) is 5.41 Å². The number of phenolic OH excluding ortho intramolecular Hbond substituents is 1. The zero-order valence-corrected chi connectivity index (χ0v) is 10.7. The maximum absolute atomic E-state index is 11.7.